The fourth-order valence-corrected chi connectivity index (χ4v) is 1.87. The first-order valence-electron chi connectivity index (χ1n) is 6.25. The molecule has 0 saturated heterocycles. The van der Waals surface area contributed by atoms with E-state index in [2.05, 4.69) is 12.6 Å². The smallest absolute Gasteiger partial charge is 0.119 e. The molecular weight excluding hydrogens is 246 g/mol. The van der Waals surface area contributed by atoms with Gasteiger partial charge in [-0.05, 0) is 34.9 Å². The predicted octanol–water partition coefficient (Wildman–Crippen LogP) is 4.32. The van der Waals surface area contributed by atoms with E-state index in [9.17, 15) is 5.26 Å². The molecule has 2 nitrogen and oxygen atoms in total. The Morgan fingerprint density at radius 3 is 2.55 bits per heavy atom. The number of methoxy groups -OCH3 is 1. The molecule has 0 aliphatic heterocycles. The SMILES string of the molecule is C=C(/C(C#N)=C/c1ccccc1)c1cccc(OC)c1. The van der Waals surface area contributed by atoms with Crippen LogP contribution in [-0.4, -0.2) is 7.11 Å². The molecule has 0 unspecified atom stereocenters. The van der Waals surface area contributed by atoms with Crippen LogP contribution in [0.25, 0.3) is 11.6 Å². The van der Waals surface area contributed by atoms with Gasteiger partial charge in [0.05, 0.1) is 18.8 Å². The van der Waals surface area contributed by atoms with Gasteiger partial charge in [-0.2, -0.15) is 5.26 Å². The number of hydrogen-bond donors (Lipinski definition) is 0. The van der Waals surface area contributed by atoms with Crippen molar-refractivity contribution >= 4 is 11.6 Å². The molecule has 0 spiro atoms. The van der Waals surface area contributed by atoms with Crippen LogP contribution in [0.3, 0.4) is 0 Å². The third kappa shape index (κ3) is 3.15. The highest BCUT2D eigenvalue weighted by atomic mass is 16.5. The second-order valence-corrected chi connectivity index (χ2v) is 4.29. The quantitative estimate of drug-likeness (QED) is 0.606. The van der Waals surface area contributed by atoms with Crippen molar-refractivity contribution in [1.82, 2.24) is 0 Å². The number of allylic oxidation sites excluding steroid dienone is 2. The Labute approximate surface area is 119 Å². The van der Waals surface area contributed by atoms with Crippen LogP contribution in [0.2, 0.25) is 0 Å². The van der Waals surface area contributed by atoms with Gasteiger partial charge in [0, 0.05) is 0 Å². The van der Waals surface area contributed by atoms with E-state index in [1.54, 1.807) is 7.11 Å². The summed E-state index contributed by atoms with van der Waals surface area (Å²) in [5, 5.41) is 9.34. The lowest BCUT2D eigenvalue weighted by molar-refractivity contribution is 0.414. The molecule has 0 saturated carbocycles. The van der Waals surface area contributed by atoms with Gasteiger partial charge in [0.15, 0.2) is 0 Å². The molecule has 0 atom stereocenters. The van der Waals surface area contributed by atoms with Gasteiger partial charge in [-0.1, -0.05) is 49.0 Å². The fraction of sp³-hybridized carbons (Fsp3) is 0.0556. The standard InChI is InChI=1S/C18H15NO/c1-14(16-9-6-10-18(12-16)20-2)17(13-19)11-15-7-4-3-5-8-15/h3-12H,1H2,2H3/b17-11+. The summed E-state index contributed by atoms with van der Waals surface area (Å²) < 4.78 is 5.19. The molecule has 0 radical (unpaired) electrons. The average Bonchev–Trinajstić information content (AvgIpc) is 2.53. The predicted molar refractivity (Wildman–Crippen MR) is 82.1 cm³/mol. The molecule has 2 heteroatoms. The number of nitrogens with zero attached hydrogens (tertiary/aromatic N) is 1. The maximum Gasteiger partial charge on any atom is 0.119 e. The summed E-state index contributed by atoms with van der Waals surface area (Å²) in [5.41, 5.74) is 3.10. The monoisotopic (exact) mass is 261 g/mol. The normalized spacial score (nSPS) is 10.7. The topological polar surface area (TPSA) is 33.0 Å². The van der Waals surface area contributed by atoms with Crippen molar-refractivity contribution in [3.05, 3.63) is 77.9 Å². The highest BCUT2D eigenvalue weighted by molar-refractivity contribution is 5.87. The Balaban J connectivity index is 2.35. The molecule has 2 rings (SSSR count). The highest BCUT2D eigenvalue weighted by Gasteiger charge is 2.06. The zero-order chi connectivity index (χ0) is 14.4. The number of benzene rings is 2. The summed E-state index contributed by atoms with van der Waals surface area (Å²) in [6, 6.07) is 19.5. The summed E-state index contributed by atoms with van der Waals surface area (Å²) >= 11 is 0. The van der Waals surface area contributed by atoms with E-state index in [-0.39, 0.29) is 0 Å². The number of hydrogen-bond acceptors (Lipinski definition) is 2. The molecule has 0 N–H and O–H groups in total. The zero-order valence-electron chi connectivity index (χ0n) is 11.3. The molecule has 98 valence electrons. The minimum absolute atomic E-state index is 0.546. The minimum atomic E-state index is 0.546. The number of ether oxygens (including phenoxy) is 1. The third-order valence-corrected chi connectivity index (χ3v) is 2.97. The Kier molecular flexibility index (Phi) is 4.36. The van der Waals surface area contributed by atoms with Crippen LogP contribution in [0.1, 0.15) is 11.1 Å². The van der Waals surface area contributed by atoms with E-state index in [1.165, 1.54) is 0 Å². The number of nitriles is 1. The Bertz CT molecular complexity index is 678. The molecule has 0 fully saturated rings. The van der Waals surface area contributed by atoms with Gasteiger partial charge in [0.1, 0.15) is 5.75 Å². The average molecular weight is 261 g/mol. The Hall–Kier alpha value is -2.79. The largest absolute Gasteiger partial charge is 0.497 e. The molecule has 2 aromatic carbocycles. The molecule has 2 aromatic rings. The first-order chi connectivity index (χ1) is 9.74. The molecule has 0 bridgehead atoms. The third-order valence-electron chi connectivity index (χ3n) is 2.97. The molecule has 0 heterocycles. The van der Waals surface area contributed by atoms with E-state index in [0.29, 0.717) is 11.1 Å². The molecule has 0 aliphatic rings. The van der Waals surface area contributed by atoms with E-state index in [1.807, 2.05) is 60.7 Å². The minimum Gasteiger partial charge on any atom is -0.497 e. The van der Waals surface area contributed by atoms with Gasteiger partial charge in [-0.15, -0.1) is 0 Å². The molecule has 0 amide bonds. The highest BCUT2D eigenvalue weighted by Crippen LogP contribution is 2.25. The lowest BCUT2D eigenvalue weighted by Crippen LogP contribution is -1.89. The Morgan fingerprint density at radius 1 is 1.15 bits per heavy atom. The van der Waals surface area contributed by atoms with Crippen LogP contribution >= 0.6 is 0 Å². The van der Waals surface area contributed by atoms with Gasteiger partial charge in [0.25, 0.3) is 0 Å². The van der Waals surface area contributed by atoms with Gasteiger partial charge in [0.2, 0.25) is 0 Å². The van der Waals surface area contributed by atoms with Crippen molar-refractivity contribution in [2.24, 2.45) is 0 Å². The zero-order valence-corrected chi connectivity index (χ0v) is 11.3. The maximum absolute atomic E-state index is 9.34. The van der Waals surface area contributed by atoms with Gasteiger partial charge >= 0.3 is 0 Å². The summed E-state index contributed by atoms with van der Waals surface area (Å²) in [5.74, 6) is 0.751. The van der Waals surface area contributed by atoms with Crippen molar-refractivity contribution < 1.29 is 4.74 Å². The second kappa shape index (κ2) is 6.40. The van der Waals surface area contributed by atoms with E-state index in [0.717, 1.165) is 16.9 Å². The van der Waals surface area contributed by atoms with Crippen molar-refractivity contribution in [3.8, 4) is 11.8 Å². The first-order valence-corrected chi connectivity index (χ1v) is 6.25. The van der Waals surface area contributed by atoms with Crippen LogP contribution < -0.4 is 4.74 Å². The van der Waals surface area contributed by atoms with Crippen molar-refractivity contribution in [1.29, 1.82) is 5.26 Å². The Morgan fingerprint density at radius 2 is 1.90 bits per heavy atom. The maximum atomic E-state index is 9.34. The van der Waals surface area contributed by atoms with Gasteiger partial charge < -0.3 is 4.74 Å². The van der Waals surface area contributed by atoms with Crippen molar-refractivity contribution in [2.45, 2.75) is 0 Å². The second-order valence-electron chi connectivity index (χ2n) is 4.29. The molecule has 0 aromatic heterocycles. The van der Waals surface area contributed by atoms with Crippen LogP contribution in [0, 0.1) is 11.3 Å². The molecular formula is C18H15NO. The molecule has 20 heavy (non-hydrogen) atoms. The van der Waals surface area contributed by atoms with Gasteiger partial charge in [-0.25, -0.2) is 0 Å². The van der Waals surface area contributed by atoms with E-state index >= 15 is 0 Å². The van der Waals surface area contributed by atoms with Crippen LogP contribution in [0.15, 0.2) is 66.7 Å². The summed E-state index contributed by atoms with van der Waals surface area (Å²) in [6.07, 6.45) is 1.84. The van der Waals surface area contributed by atoms with Crippen LogP contribution in [0.4, 0.5) is 0 Å². The van der Waals surface area contributed by atoms with Crippen molar-refractivity contribution in [3.63, 3.8) is 0 Å². The first kappa shape index (κ1) is 13.6. The lowest BCUT2D eigenvalue weighted by atomic mass is 9.98. The summed E-state index contributed by atoms with van der Waals surface area (Å²) in [6.45, 7) is 4.02. The van der Waals surface area contributed by atoms with Crippen molar-refractivity contribution in [2.75, 3.05) is 7.11 Å². The number of rotatable bonds is 4. The van der Waals surface area contributed by atoms with Crippen LogP contribution in [-0.2, 0) is 0 Å². The lowest BCUT2D eigenvalue weighted by Gasteiger charge is -2.07. The van der Waals surface area contributed by atoms with Crippen LogP contribution in [0.5, 0.6) is 5.75 Å². The molecule has 0 aliphatic carbocycles. The van der Waals surface area contributed by atoms with Gasteiger partial charge in [-0.3, -0.25) is 0 Å². The summed E-state index contributed by atoms with van der Waals surface area (Å²) in [4.78, 5) is 0. The summed E-state index contributed by atoms with van der Waals surface area (Å²) in [7, 11) is 1.62. The fourth-order valence-electron chi connectivity index (χ4n) is 1.87. The van der Waals surface area contributed by atoms with E-state index < -0.39 is 0 Å². The van der Waals surface area contributed by atoms with E-state index in [4.69, 9.17) is 4.74 Å².